The molecule has 48 heavy (non-hydrogen) atoms. The molecule has 8 N–H and O–H groups in total. The average molecular weight is 855 g/mol. The van der Waals surface area contributed by atoms with E-state index in [4.69, 9.17) is 0 Å². The first kappa shape index (κ1) is 36.5. The Hall–Kier alpha value is 0.101. The molecular weight excluding hydrogens is 800 g/mol. The number of hydrogen-bond acceptors (Lipinski definition) is 12. The molecule has 276 valence electrons. The number of carbonyl (C=O) groups is 2. The van der Waals surface area contributed by atoms with Crippen molar-refractivity contribution in [3.63, 3.8) is 0 Å². The van der Waals surface area contributed by atoms with Crippen molar-refractivity contribution in [3.05, 3.63) is 0 Å². The number of rotatable bonds is 2. The van der Waals surface area contributed by atoms with E-state index in [1.807, 2.05) is 0 Å². The second kappa shape index (κ2) is 14.9. The summed E-state index contributed by atoms with van der Waals surface area (Å²) >= 11 is 0. The van der Waals surface area contributed by atoms with Crippen LogP contribution in [0.2, 0.25) is 0 Å². The van der Waals surface area contributed by atoms with Gasteiger partial charge in [-0.05, 0) is 92.8 Å². The van der Waals surface area contributed by atoms with Gasteiger partial charge >= 0.3 is 44.8 Å². The summed E-state index contributed by atoms with van der Waals surface area (Å²) in [5.74, 6) is -1.95. The van der Waals surface area contributed by atoms with Crippen LogP contribution in [-0.2, 0) is 54.3 Å². The van der Waals surface area contributed by atoms with E-state index in [0.29, 0.717) is 48.3 Å². The standard InChI is InChI=1S/C34H56N8O4.2Ag/c43-33(44)22-14-13-21-23(24(22)34(45)46)32-41-30-20-12-6-5-11-19(20)28(39-30)37-26-16-8-2-1-7-15(16)25(35-26)36-27-17-9-3-4-10-18(17)29(38-27)40-31(21)42-32;;/h15-32,35-42H,1-14H2,(H,43,44)(H,45,46);;/q;2*+1/p-2. The topological polar surface area (TPSA) is 176 Å². The molecule has 0 spiro atoms. The molecule has 5 heterocycles. The zero-order valence-electron chi connectivity index (χ0n) is 27.5. The van der Waals surface area contributed by atoms with E-state index in [1.165, 1.54) is 70.6 Å². The molecule has 9 fully saturated rings. The van der Waals surface area contributed by atoms with Gasteiger partial charge in [-0.2, -0.15) is 0 Å². The minimum Gasteiger partial charge on any atom is -0.550 e. The molecule has 4 aliphatic carbocycles. The maximum atomic E-state index is 12.7. The maximum absolute atomic E-state index is 12.7. The molecule has 0 radical (unpaired) electrons. The van der Waals surface area contributed by atoms with Crippen LogP contribution in [0.15, 0.2) is 0 Å². The second-order valence-corrected chi connectivity index (χ2v) is 16.6. The fourth-order valence-electron chi connectivity index (χ4n) is 12.6. The number of nitrogens with one attached hydrogen (secondary N) is 8. The Balaban J connectivity index is 0.00000182. The first-order valence-electron chi connectivity index (χ1n) is 18.9. The second-order valence-electron chi connectivity index (χ2n) is 16.6. The third kappa shape index (κ3) is 6.29. The molecule has 9 aliphatic rings. The summed E-state index contributed by atoms with van der Waals surface area (Å²) in [6, 6.07) is 0. The van der Waals surface area contributed by atoms with Crippen molar-refractivity contribution in [2.24, 2.45) is 59.2 Å². The van der Waals surface area contributed by atoms with Crippen LogP contribution in [0.5, 0.6) is 0 Å². The predicted molar refractivity (Wildman–Crippen MR) is 165 cm³/mol. The number of fused-ring (bicyclic) bond motifs is 20. The van der Waals surface area contributed by atoms with Crippen LogP contribution < -0.4 is 52.7 Å². The Labute approximate surface area is 315 Å². The smallest absolute Gasteiger partial charge is 0.550 e. The minimum atomic E-state index is -1.27. The van der Waals surface area contributed by atoms with Gasteiger partial charge in [-0.15, -0.1) is 0 Å². The van der Waals surface area contributed by atoms with E-state index in [2.05, 4.69) is 42.5 Å². The molecule has 12 nitrogen and oxygen atoms in total. The molecule has 0 aromatic heterocycles. The SMILES string of the molecule is O=C([O-])C1CCC2C3NC4NC(NC5NC(NC6NC(NC(N3)C2C1C(=O)[O-])C1CCCCC61)C1CCCCC51)C1CCCCC41.[Ag+].[Ag+]. The number of carboxylic acids is 2. The minimum absolute atomic E-state index is 0. The van der Waals surface area contributed by atoms with E-state index >= 15 is 0 Å². The van der Waals surface area contributed by atoms with Gasteiger partial charge in [0, 0.05) is 29.7 Å². The largest absolute Gasteiger partial charge is 1.00 e. The van der Waals surface area contributed by atoms with Crippen LogP contribution in [-0.4, -0.2) is 61.3 Å². The summed E-state index contributed by atoms with van der Waals surface area (Å²) < 4.78 is 0. The van der Waals surface area contributed by atoms with Gasteiger partial charge < -0.3 is 19.8 Å². The average Bonchev–Trinajstić information content (AvgIpc) is 3.80. The summed E-state index contributed by atoms with van der Waals surface area (Å²) in [6.07, 6.45) is 16.2. The fourth-order valence-corrected chi connectivity index (χ4v) is 12.6. The van der Waals surface area contributed by atoms with E-state index in [-0.39, 0.29) is 100 Å². The molecule has 18 unspecified atom stereocenters. The quantitative estimate of drug-likeness (QED) is 0.152. The van der Waals surface area contributed by atoms with Crippen molar-refractivity contribution in [2.45, 2.75) is 139 Å². The van der Waals surface area contributed by atoms with Crippen LogP contribution in [0.4, 0.5) is 0 Å². The van der Waals surface area contributed by atoms with E-state index in [1.54, 1.807) is 0 Å². The van der Waals surface area contributed by atoms with Crippen molar-refractivity contribution in [2.75, 3.05) is 0 Å². The van der Waals surface area contributed by atoms with Crippen molar-refractivity contribution in [1.29, 1.82) is 0 Å². The van der Waals surface area contributed by atoms with Crippen molar-refractivity contribution >= 4 is 11.9 Å². The Morgan fingerprint density at radius 1 is 0.375 bits per heavy atom. The number of carboxylic acid groups (broad SMARTS) is 2. The Morgan fingerprint density at radius 3 is 0.958 bits per heavy atom. The summed E-state index contributed by atoms with van der Waals surface area (Å²) in [6.45, 7) is 0. The van der Waals surface area contributed by atoms with Gasteiger partial charge in [-0.3, -0.25) is 42.5 Å². The monoisotopic (exact) mass is 852 g/mol. The Bertz CT molecular complexity index is 1190. The van der Waals surface area contributed by atoms with Gasteiger partial charge in [-0.25, -0.2) is 0 Å². The molecule has 18 atom stereocenters. The zero-order chi connectivity index (χ0) is 31.1. The van der Waals surface area contributed by atoms with Crippen molar-refractivity contribution in [1.82, 2.24) is 42.5 Å². The Kier molecular flexibility index (Phi) is 11.3. The van der Waals surface area contributed by atoms with Gasteiger partial charge in [0.15, 0.2) is 0 Å². The first-order chi connectivity index (χ1) is 22.4. The maximum Gasteiger partial charge on any atom is 1.00 e. The molecular formula is C34H54Ag2N8O4. The van der Waals surface area contributed by atoms with E-state index < -0.39 is 29.7 Å². The van der Waals surface area contributed by atoms with E-state index in [0.717, 1.165) is 6.42 Å². The van der Waals surface area contributed by atoms with Crippen LogP contribution in [0.25, 0.3) is 0 Å². The Morgan fingerprint density at radius 2 is 0.667 bits per heavy atom. The summed E-state index contributed by atoms with van der Waals surface area (Å²) in [7, 11) is 0. The molecule has 0 aromatic carbocycles. The van der Waals surface area contributed by atoms with Gasteiger partial charge in [0.1, 0.15) is 0 Å². The first-order valence-corrected chi connectivity index (χ1v) is 18.9. The van der Waals surface area contributed by atoms with E-state index in [9.17, 15) is 19.8 Å². The molecule has 9 rings (SSSR count). The number of carbonyl (C=O) groups excluding carboxylic acids is 2. The van der Waals surface area contributed by atoms with Crippen LogP contribution in [0, 0.1) is 59.2 Å². The number of aliphatic carboxylic acids is 2. The molecule has 14 heteroatoms. The molecule has 0 amide bonds. The van der Waals surface area contributed by atoms with Crippen LogP contribution >= 0.6 is 0 Å². The summed E-state index contributed by atoms with van der Waals surface area (Å²) in [4.78, 5) is 25.0. The van der Waals surface area contributed by atoms with Crippen molar-refractivity contribution in [3.8, 4) is 0 Å². The van der Waals surface area contributed by atoms with Crippen LogP contribution in [0.1, 0.15) is 89.9 Å². The summed E-state index contributed by atoms with van der Waals surface area (Å²) in [5, 5.41) is 57.1. The fraction of sp³-hybridized carbons (Fsp3) is 0.941. The molecule has 5 aliphatic heterocycles. The van der Waals surface area contributed by atoms with Gasteiger partial charge in [0.25, 0.3) is 0 Å². The van der Waals surface area contributed by atoms with Crippen molar-refractivity contribution < 1.29 is 64.6 Å². The molecule has 5 saturated heterocycles. The third-order valence-electron chi connectivity index (χ3n) is 14.6. The van der Waals surface area contributed by atoms with Gasteiger partial charge in [-0.1, -0.05) is 38.5 Å². The third-order valence-corrected chi connectivity index (χ3v) is 14.6. The van der Waals surface area contributed by atoms with Gasteiger partial charge in [0.2, 0.25) is 0 Å². The molecule has 4 saturated carbocycles. The molecule has 8 bridgehead atoms. The van der Waals surface area contributed by atoms with Gasteiger partial charge in [0.05, 0.1) is 49.3 Å². The normalized spacial score (nSPS) is 52.4. The zero-order valence-corrected chi connectivity index (χ0v) is 30.5. The molecule has 0 aromatic rings. The number of hydrogen-bond donors (Lipinski definition) is 8. The summed E-state index contributed by atoms with van der Waals surface area (Å²) in [5.41, 5.74) is 0. The van der Waals surface area contributed by atoms with Crippen LogP contribution in [0.3, 0.4) is 0 Å². The predicted octanol–water partition coefficient (Wildman–Crippen LogP) is -1.45.